The Morgan fingerprint density at radius 3 is 2.12 bits per heavy atom. The zero-order valence-electron chi connectivity index (χ0n) is 11.8. The third-order valence-corrected chi connectivity index (χ3v) is 2.65. The summed E-state index contributed by atoms with van der Waals surface area (Å²) < 4.78 is 5.20. The second kappa shape index (κ2) is 9.26. The van der Waals surface area contributed by atoms with Crippen LogP contribution in [0.15, 0.2) is 12.7 Å². The van der Waals surface area contributed by atoms with Crippen molar-refractivity contribution < 1.29 is 9.53 Å². The number of allylic oxidation sites excluding steroid dienone is 1. The highest BCUT2D eigenvalue weighted by molar-refractivity contribution is 5.75. The standard InChI is InChI=1S/C15H28O2/c1-5-6-7-8-9-10-11-12-13-17-14(16)15(2,3)4/h5H,1,6-13H2,2-4H3. The third kappa shape index (κ3) is 10.1. The van der Waals surface area contributed by atoms with Gasteiger partial charge in [0.1, 0.15) is 0 Å². The third-order valence-electron chi connectivity index (χ3n) is 2.65. The predicted octanol–water partition coefficient (Wildman–Crippen LogP) is 4.49. The molecule has 17 heavy (non-hydrogen) atoms. The van der Waals surface area contributed by atoms with Crippen molar-refractivity contribution in [3.63, 3.8) is 0 Å². The van der Waals surface area contributed by atoms with Crippen LogP contribution in [-0.2, 0) is 9.53 Å². The van der Waals surface area contributed by atoms with E-state index in [1.807, 2.05) is 26.8 Å². The molecule has 0 saturated carbocycles. The molecule has 100 valence electrons. The Labute approximate surface area is 106 Å². The molecule has 2 heteroatoms. The number of esters is 1. The summed E-state index contributed by atoms with van der Waals surface area (Å²) in [6.07, 6.45) is 10.3. The summed E-state index contributed by atoms with van der Waals surface area (Å²) in [5.41, 5.74) is -0.370. The normalized spacial score (nSPS) is 11.2. The zero-order valence-corrected chi connectivity index (χ0v) is 11.8. The Balaban J connectivity index is 3.24. The lowest BCUT2D eigenvalue weighted by Gasteiger charge is -2.16. The van der Waals surface area contributed by atoms with Gasteiger partial charge in [0, 0.05) is 0 Å². The average Bonchev–Trinajstić information content (AvgIpc) is 2.25. The summed E-state index contributed by atoms with van der Waals surface area (Å²) in [6, 6.07) is 0. The van der Waals surface area contributed by atoms with E-state index in [-0.39, 0.29) is 11.4 Å². The molecule has 2 nitrogen and oxygen atoms in total. The molecule has 0 atom stereocenters. The molecule has 0 bridgehead atoms. The molecule has 0 N–H and O–H groups in total. The largest absolute Gasteiger partial charge is 0.465 e. The first-order valence-corrected chi connectivity index (χ1v) is 6.76. The van der Waals surface area contributed by atoms with Crippen molar-refractivity contribution in [1.82, 2.24) is 0 Å². The number of rotatable bonds is 9. The Morgan fingerprint density at radius 1 is 1.06 bits per heavy atom. The van der Waals surface area contributed by atoms with Gasteiger partial charge in [-0.05, 0) is 40.0 Å². The van der Waals surface area contributed by atoms with Gasteiger partial charge in [0.15, 0.2) is 0 Å². The number of hydrogen-bond donors (Lipinski definition) is 0. The highest BCUT2D eigenvalue weighted by atomic mass is 16.5. The molecule has 0 fully saturated rings. The van der Waals surface area contributed by atoms with Crippen LogP contribution in [0.5, 0.6) is 0 Å². The van der Waals surface area contributed by atoms with Crippen molar-refractivity contribution in [2.24, 2.45) is 5.41 Å². The average molecular weight is 240 g/mol. The van der Waals surface area contributed by atoms with Crippen molar-refractivity contribution in [3.05, 3.63) is 12.7 Å². The predicted molar refractivity (Wildman–Crippen MR) is 72.9 cm³/mol. The molecule has 0 saturated heterocycles. The van der Waals surface area contributed by atoms with Gasteiger partial charge in [-0.3, -0.25) is 4.79 Å². The smallest absolute Gasteiger partial charge is 0.311 e. The monoisotopic (exact) mass is 240 g/mol. The van der Waals surface area contributed by atoms with Gasteiger partial charge < -0.3 is 4.74 Å². The van der Waals surface area contributed by atoms with E-state index < -0.39 is 0 Å². The van der Waals surface area contributed by atoms with Crippen LogP contribution in [0.4, 0.5) is 0 Å². The first kappa shape index (κ1) is 16.2. The maximum absolute atomic E-state index is 11.4. The van der Waals surface area contributed by atoms with Crippen molar-refractivity contribution in [2.45, 2.75) is 65.7 Å². The Bertz CT molecular complexity index is 213. The van der Waals surface area contributed by atoms with Crippen molar-refractivity contribution in [3.8, 4) is 0 Å². The van der Waals surface area contributed by atoms with Crippen LogP contribution in [0.3, 0.4) is 0 Å². The minimum atomic E-state index is -0.370. The lowest BCUT2D eigenvalue weighted by molar-refractivity contribution is -0.153. The molecule has 0 aromatic rings. The number of carbonyl (C=O) groups excluding carboxylic acids is 1. The fourth-order valence-electron chi connectivity index (χ4n) is 1.48. The molecule has 0 unspecified atom stereocenters. The fourth-order valence-corrected chi connectivity index (χ4v) is 1.48. The van der Waals surface area contributed by atoms with E-state index in [4.69, 9.17) is 4.74 Å². The first-order chi connectivity index (χ1) is 7.98. The molecule has 0 spiro atoms. The molecule has 0 aliphatic carbocycles. The molecular weight excluding hydrogens is 212 g/mol. The topological polar surface area (TPSA) is 26.3 Å². The van der Waals surface area contributed by atoms with Gasteiger partial charge >= 0.3 is 5.97 Å². The Kier molecular flexibility index (Phi) is 8.83. The van der Waals surface area contributed by atoms with Crippen LogP contribution in [0.1, 0.15) is 65.7 Å². The van der Waals surface area contributed by atoms with Gasteiger partial charge in [0.25, 0.3) is 0 Å². The van der Waals surface area contributed by atoms with Crippen LogP contribution in [0.2, 0.25) is 0 Å². The Hall–Kier alpha value is -0.790. The lowest BCUT2D eigenvalue weighted by Crippen LogP contribution is -2.23. The quantitative estimate of drug-likeness (QED) is 0.337. The molecule has 0 radical (unpaired) electrons. The van der Waals surface area contributed by atoms with Crippen LogP contribution < -0.4 is 0 Å². The van der Waals surface area contributed by atoms with Crippen LogP contribution in [-0.4, -0.2) is 12.6 Å². The number of unbranched alkanes of at least 4 members (excludes halogenated alkanes) is 6. The van der Waals surface area contributed by atoms with Crippen LogP contribution in [0, 0.1) is 5.41 Å². The van der Waals surface area contributed by atoms with E-state index in [1.165, 1.54) is 25.7 Å². The number of hydrogen-bond acceptors (Lipinski definition) is 2. The molecule has 0 aromatic heterocycles. The molecule has 0 rings (SSSR count). The summed E-state index contributed by atoms with van der Waals surface area (Å²) >= 11 is 0. The van der Waals surface area contributed by atoms with E-state index >= 15 is 0 Å². The number of carbonyl (C=O) groups is 1. The van der Waals surface area contributed by atoms with Gasteiger partial charge in [-0.25, -0.2) is 0 Å². The Morgan fingerprint density at radius 2 is 1.59 bits per heavy atom. The van der Waals surface area contributed by atoms with E-state index in [9.17, 15) is 4.79 Å². The van der Waals surface area contributed by atoms with Crippen LogP contribution >= 0.6 is 0 Å². The SMILES string of the molecule is C=CCCCCCCCCOC(=O)C(C)(C)C. The maximum Gasteiger partial charge on any atom is 0.311 e. The van der Waals surface area contributed by atoms with Gasteiger partial charge in [-0.1, -0.05) is 31.8 Å². The minimum absolute atomic E-state index is 0.0940. The van der Waals surface area contributed by atoms with E-state index in [2.05, 4.69) is 6.58 Å². The highest BCUT2D eigenvalue weighted by Crippen LogP contribution is 2.15. The summed E-state index contributed by atoms with van der Waals surface area (Å²) in [5, 5.41) is 0. The van der Waals surface area contributed by atoms with E-state index in [0.717, 1.165) is 19.3 Å². The molecule has 0 amide bonds. The summed E-state index contributed by atoms with van der Waals surface area (Å²) in [6.45, 7) is 9.93. The second-order valence-corrected chi connectivity index (χ2v) is 5.58. The van der Waals surface area contributed by atoms with Gasteiger partial charge in [0.05, 0.1) is 12.0 Å². The molecule has 0 heterocycles. The first-order valence-electron chi connectivity index (χ1n) is 6.76. The molecule has 0 aliphatic heterocycles. The maximum atomic E-state index is 11.4. The second-order valence-electron chi connectivity index (χ2n) is 5.58. The van der Waals surface area contributed by atoms with Crippen molar-refractivity contribution >= 4 is 5.97 Å². The molecule has 0 aromatic carbocycles. The fraction of sp³-hybridized carbons (Fsp3) is 0.800. The van der Waals surface area contributed by atoms with Gasteiger partial charge in [-0.2, -0.15) is 0 Å². The highest BCUT2D eigenvalue weighted by Gasteiger charge is 2.22. The lowest BCUT2D eigenvalue weighted by atomic mass is 9.97. The van der Waals surface area contributed by atoms with Gasteiger partial charge in [0.2, 0.25) is 0 Å². The van der Waals surface area contributed by atoms with E-state index in [1.54, 1.807) is 0 Å². The van der Waals surface area contributed by atoms with Gasteiger partial charge in [-0.15, -0.1) is 6.58 Å². The summed E-state index contributed by atoms with van der Waals surface area (Å²) in [7, 11) is 0. The van der Waals surface area contributed by atoms with Crippen LogP contribution in [0.25, 0.3) is 0 Å². The molecular formula is C15H28O2. The van der Waals surface area contributed by atoms with Crippen molar-refractivity contribution in [2.75, 3.05) is 6.61 Å². The zero-order chi connectivity index (χ0) is 13.1. The minimum Gasteiger partial charge on any atom is -0.465 e. The number of ether oxygens (including phenoxy) is 1. The van der Waals surface area contributed by atoms with E-state index in [0.29, 0.717) is 6.61 Å². The summed E-state index contributed by atoms with van der Waals surface area (Å²) in [5.74, 6) is -0.0940. The molecule has 0 aliphatic rings. The summed E-state index contributed by atoms with van der Waals surface area (Å²) in [4.78, 5) is 11.4. The van der Waals surface area contributed by atoms with Crippen molar-refractivity contribution in [1.29, 1.82) is 0 Å².